The molecule has 0 aliphatic carbocycles. The third-order valence-electron chi connectivity index (χ3n) is 2.80. The Kier molecular flexibility index (Phi) is 3.71. The fourth-order valence-electron chi connectivity index (χ4n) is 1.77. The molecule has 1 saturated heterocycles. The highest BCUT2D eigenvalue weighted by Crippen LogP contribution is 2.15. The van der Waals surface area contributed by atoms with Gasteiger partial charge in [-0.2, -0.15) is 0 Å². The Bertz CT molecular complexity index is 550. The van der Waals surface area contributed by atoms with Crippen molar-refractivity contribution in [2.24, 2.45) is 0 Å². The molecule has 1 heterocycles. The van der Waals surface area contributed by atoms with Crippen LogP contribution in [0.5, 0.6) is 0 Å². The largest absolute Gasteiger partial charge is 0.332 e. The number of carbonyl (C=O) groups excluding carboxylic acids is 3. The fraction of sp³-hybridized carbons (Fsp3) is 0.231. The number of nitrogens with one attached hydrogen (secondary N) is 1. The molecule has 0 unspecified atom stereocenters. The van der Waals surface area contributed by atoms with Crippen molar-refractivity contribution in [1.29, 1.82) is 0 Å². The van der Waals surface area contributed by atoms with Crippen molar-refractivity contribution in [3.63, 3.8) is 0 Å². The minimum absolute atomic E-state index is 0.0287. The van der Waals surface area contributed by atoms with E-state index in [1.165, 1.54) is 6.92 Å². The standard InChI is InChI=1S/C13H12N2O3S/c1-8(16)9-2-4-10(5-3-9)14-13(19)15-11(17)6-7-12(15)18/h2-5H,6-7H2,1H3,(H,14,19). The third kappa shape index (κ3) is 2.85. The molecule has 0 spiro atoms. The molecule has 5 nitrogen and oxygen atoms in total. The highest BCUT2D eigenvalue weighted by Gasteiger charge is 2.32. The summed E-state index contributed by atoms with van der Waals surface area (Å²) >= 11 is 5.04. The molecule has 0 aromatic heterocycles. The van der Waals surface area contributed by atoms with Crippen molar-refractivity contribution in [2.45, 2.75) is 19.8 Å². The van der Waals surface area contributed by atoms with Crippen LogP contribution in [0.15, 0.2) is 24.3 Å². The molecule has 98 valence electrons. The first-order valence-electron chi connectivity index (χ1n) is 5.77. The molecule has 2 rings (SSSR count). The Morgan fingerprint density at radius 1 is 1.16 bits per heavy atom. The van der Waals surface area contributed by atoms with Crippen molar-refractivity contribution >= 4 is 40.6 Å². The monoisotopic (exact) mass is 276 g/mol. The fourth-order valence-corrected chi connectivity index (χ4v) is 2.09. The molecule has 19 heavy (non-hydrogen) atoms. The average molecular weight is 276 g/mol. The van der Waals surface area contributed by atoms with Gasteiger partial charge in [-0.05, 0) is 43.4 Å². The Morgan fingerprint density at radius 3 is 2.16 bits per heavy atom. The quantitative estimate of drug-likeness (QED) is 0.506. The molecule has 1 aliphatic rings. The van der Waals surface area contributed by atoms with E-state index in [-0.39, 0.29) is 35.6 Å². The van der Waals surface area contributed by atoms with Crippen LogP contribution >= 0.6 is 12.2 Å². The molecule has 1 N–H and O–H groups in total. The van der Waals surface area contributed by atoms with E-state index in [9.17, 15) is 14.4 Å². The summed E-state index contributed by atoms with van der Waals surface area (Å²) in [5, 5.41) is 2.89. The number of carbonyl (C=O) groups is 3. The van der Waals surface area contributed by atoms with E-state index in [4.69, 9.17) is 12.2 Å². The van der Waals surface area contributed by atoms with Crippen LogP contribution in [-0.4, -0.2) is 27.6 Å². The maximum absolute atomic E-state index is 11.5. The maximum Gasteiger partial charge on any atom is 0.236 e. The number of nitrogens with zero attached hydrogens (tertiary/aromatic N) is 1. The van der Waals surface area contributed by atoms with Gasteiger partial charge in [0, 0.05) is 24.1 Å². The Morgan fingerprint density at radius 2 is 1.68 bits per heavy atom. The Balaban J connectivity index is 2.08. The molecule has 0 atom stereocenters. The molecule has 6 heteroatoms. The topological polar surface area (TPSA) is 66.5 Å². The van der Waals surface area contributed by atoms with Gasteiger partial charge < -0.3 is 5.32 Å². The number of Topliss-reactive ketones (excluding diaryl/α,β-unsaturated/α-hetero) is 1. The van der Waals surface area contributed by atoms with Gasteiger partial charge in [0.15, 0.2) is 10.9 Å². The second kappa shape index (κ2) is 5.27. The van der Waals surface area contributed by atoms with Gasteiger partial charge in [0.1, 0.15) is 0 Å². The summed E-state index contributed by atoms with van der Waals surface area (Å²) in [5.74, 6) is -0.607. The van der Waals surface area contributed by atoms with Crippen molar-refractivity contribution in [3.05, 3.63) is 29.8 Å². The molecule has 1 aromatic rings. The van der Waals surface area contributed by atoms with Crippen molar-refractivity contribution in [3.8, 4) is 0 Å². The second-order valence-electron chi connectivity index (χ2n) is 4.19. The van der Waals surface area contributed by atoms with Gasteiger partial charge in [0.25, 0.3) is 0 Å². The molecule has 2 amide bonds. The number of amides is 2. The molecule has 0 radical (unpaired) electrons. The van der Waals surface area contributed by atoms with E-state index < -0.39 is 0 Å². The Labute approximate surface area is 115 Å². The van der Waals surface area contributed by atoms with Crippen LogP contribution in [0.4, 0.5) is 5.69 Å². The Hall–Kier alpha value is -2.08. The first-order valence-corrected chi connectivity index (χ1v) is 6.17. The number of hydrogen-bond acceptors (Lipinski definition) is 4. The van der Waals surface area contributed by atoms with Crippen LogP contribution < -0.4 is 5.32 Å². The van der Waals surface area contributed by atoms with Crippen LogP contribution in [0.2, 0.25) is 0 Å². The van der Waals surface area contributed by atoms with E-state index in [0.29, 0.717) is 11.3 Å². The van der Waals surface area contributed by atoms with Crippen LogP contribution in [0.1, 0.15) is 30.1 Å². The van der Waals surface area contributed by atoms with E-state index in [1.807, 2.05) is 0 Å². The SMILES string of the molecule is CC(=O)c1ccc(NC(=S)N2C(=O)CCC2=O)cc1. The average Bonchev–Trinajstić information content (AvgIpc) is 2.69. The summed E-state index contributed by atoms with van der Waals surface area (Å²) in [6.07, 6.45) is 0.397. The zero-order valence-corrected chi connectivity index (χ0v) is 11.1. The third-order valence-corrected chi connectivity index (χ3v) is 3.08. The lowest BCUT2D eigenvalue weighted by atomic mass is 10.1. The molecule has 0 bridgehead atoms. The van der Waals surface area contributed by atoms with E-state index in [2.05, 4.69) is 5.32 Å². The summed E-state index contributed by atoms with van der Waals surface area (Å²) in [5.41, 5.74) is 1.22. The summed E-state index contributed by atoms with van der Waals surface area (Å²) in [6.45, 7) is 1.48. The number of imide groups is 1. The molecule has 1 aliphatic heterocycles. The summed E-state index contributed by atoms with van der Waals surface area (Å²) < 4.78 is 0. The summed E-state index contributed by atoms with van der Waals surface area (Å²) in [4.78, 5) is 35.1. The second-order valence-corrected chi connectivity index (χ2v) is 4.57. The lowest BCUT2D eigenvalue weighted by molar-refractivity contribution is -0.133. The lowest BCUT2D eigenvalue weighted by Crippen LogP contribution is -2.38. The lowest BCUT2D eigenvalue weighted by Gasteiger charge is -2.16. The smallest absolute Gasteiger partial charge is 0.236 e. The molecular formula is C13H12N2O3S. The van der Waals surface area contributed by atoms with Gasteiger partial charge in [-0.25, -0.2) is 4.90 Å². The minimum Gasteiger partial charge on any atom is -0.332 e. The molecule has 1 fully saturated rings. The highest BCUT2D eigenvalue weighted by molar-refractivity contribution is 7.80. The van der Waals surface area contributed by atoms with Gasteiger partial charge in [0.05, 0.1) is 0 Å². The van der Waals surface area contributed by atoms with Gasteiger partial charge >= 0.3 is 0 Å². The zero-order valence-electron chi connectivity index (χ0n) is 10.3. The van der Waals surface area contributed by atoms with Crippen LogP contribution in [0.3, 0.4) is 0 Å². The zero-order chi connectivity index (χ0) is 14.0. The maximum atomic E-state index is 11.5. The predicted octanol–water partition coefficient (Wildman–Crippen LogP) is 1.73. The number of rotatable bonds is 2. The first kappa shape index (κ1) is 13.4. The van der Waals surface area contributed by atoms with Crippen molar-refractivity contribution in [1.82, 2.24) is 4.90 Å². The van der Waals surface area contributed by atoms with Gasteiger partial charge in [-0.15, -0.1) is 0 Å². The number of hydrogen-bond donors (Lipinski definition) is 1. The number of benzene rings is 1. The van der Waals surface area contributed by atoms with E-state index in [1.54, 1.807) is 24.3 Å². The van der Waals surface area contributed by atoms with E-state index in [0.717, 1.165) is 4.90 Å². The number of ketones is 1. The van der Waals surface area contributed by atoms with Crippen LogP contribution in [0, 0.1) is 0 Å². The molecule has 0 saturated carbocycles. The summed E-state index contributed by atoms with van der Waals surface area (Å²) in [7, 11) is 0. The number of likely N-dealkylation sites (tertiary alicyclic amines) is 1. The van der Waals surface area contributed by atoms with Gasteiger partial charge in [-0.1, -0.05) is 0 Å². The van der Waals surface area contributed by atoms with E-state index >= 15 is 0 Å². The van der Waals surface area contributed by atoms with Gasteiger partial charge in [-0.3, -0.25) is 14.4 Å². The van der Waals surface area contributed by atoms with Crippen molar-refractivity contribution in [2.75, 3.05) is 5.32 Å². The highest BCUT2D eigenvalue weighted by atomic mass is 32.1. The van der Waals surface area contributed by atoms with Crippen molar-refractivity contribution < 1.29 is 14.4 Å². The minimum atomic E-state index is -0.289. The number of anilines is 1. The normalized spacial score (nSPS) is 14.7. The van der Waals surface area contributed by atoms with Crippen LogP contribution in [-0.2, 0) is 9.59 Å². The van der Waals surface area contributed by atoms with Crippen LogP contribution in [0.25, 0.3) is 0 Å². The summed E-state index contributed by atoms with van der Waals surface area (Å²) in [6, 6.07) is 6.66. The molecule has 1 aromatic carbocycles. The molecular weight excluding hydrogens is 264 g/mol. The predicted molar refractivity (Wildman–Crippen MR) is 73.8 cm³/mol. The first-order chi connectivity index (χ1) is 8.99. The van der Waals surface area contributed by atoms with Gasteiger partial charge in [0.2, 0.25) is 11.8 Å². The number of thiocarbonyl (C=S) groups is 1.